The molecule has 0 aromatic heterocycles. The lowest BCUT2D eigenvalue weighted by atomic mass is 10.1. The third-order valence-corrected chi connectivity index (χ3v) is 12.7. The Morgan fingerprint density at radius 2 is 0.529 bits per heavy atom. The number of carbonyl (C=O) groups is 6. The summed E-state index contributed by atoms with van der Waals surface area (Å²) in [5, 5.41) is 18.1. The number of rotatable bonds is 53. The van der Waals surface area contributed by atoms with Gasteiger partial charge in [0.15, 0.2) is 0 Å². The van der Waals surface area contributed by atoms with E-state index in [1.54, 1.807) is 0 Å². The van der Waals surface area contributed by atoms with E-state index in [2.05, 4.69) is 58.2 Å². The van der Waals surface area contributed by atoms with E-state index in [9.17, 15) is 28.8 Å². The summed E-state index contributed by atoms with van der Waals surface area (Å²) in [6.45, 7) is 17.2. The summed E-state index contributed by atoms with van der Waals surface area (Å²) in [7, 11) is 0. The Labute approximate surface area is 427 Å². The molecular weight excluding hydrogens is 877 g/mol. The van der Waals surface area contributed by atoms with Gasteiger partial charge in [-0.25, -0.2) is 0 Å². The van der Waals surface area contributed by atoms with Crippen LogP contribution in [0.3, 0.4) is 0 Å². The topological polar surface area (TPSA) is 175 Å². The number of hydrogen-bond donors (Lipinski definition) is 6. The fraction of sp³-hybridized carbons (Fsp3) is 0.759. The molecule has 12 heteroatoms. The minimum absolute atomic E-state index is 0.0674. The zero-order valence-electron chi connectivity index (χ0n) is 44.4. The molecule has 0 heterocycles. The van der Waals surface area contributed by atoms with E-state index in [-0.39, 0.29) is 35.4 Å². The quantitative estimate of drug-likeness (QED) is 0.0261. The van der Waals surface area contributed by atoms with Crippen molar-refractivity contribution in [3.63, 3.8) is 0 Å². The van der Waals surface area contributed by atoms with Crippen LogP contribution < -0.4 is 31.9 Å². The Kier molecular flexibility index (Phi) is 48.1. The first-order chi connectivity index (χ1) is 34.2. The maximum Gasteiger partial charge on any atom is 0.242 e. The molecule has 0 spiro atoms. The van der Waals surface area contributed by atoms with E-state index in [0.717, 1.165) is 180 Å². The van der Waals surface area contributed by atoms with Crippen LogP contribution in [0, 0.1) is 0 Å². The first kappa shape index (κ1) is 65.8. The molecule has 0 aromatic rings. The van der Waals surface area contributed by atoms with E-state index in [4.69, 9.17) is 0 Å². The molecule has 2 atom stereocenters. The molecule has 0 radical (unpaired) electrons. The number of hydrogen-bond acceptors (Lipinski definition) is 6. The van der Waals surface area contributed by atoms with Crippen LogP contribution in [0.15, 0.2) is 50.6 Å². The van der Waals surface area contributed by atoms with E-state index in [1.807, 2.05) is 24.3 Å². The summed E-state index contributed by atoms with van der Waals surface area (Å²) in [4.78, 5) is 77.2. The molecule has 12 nitrogen and oxygen atoms in total. The monoisotopic (exact) mass is 981 g/mol. The van der Waals surface area contributed by atoms with Crippen molar-refractivity contribution >= 4 is 35.4 Å². The Morgan fingerprint density at radius 3 is 0.843 bits per heavy atom. The van der Waals surface area contributed by atoms with Gasteiger partial charge in [-0.2, -0.15) is 0 Å². The van der Waals surface area contributed by atoms with Gasteiger partial charge >= 0.3 is 0 Å². The highest BCUT2D eigenvalue weighted by atomic mass is 16.2. The van der Waals surface area contributed by atoms with Crippen LogP contribution in [-0.2, 0) is 28.8 Å². The Bertz CT molecular complexity index is 1290. The molecule has 70 heavy (non-hydrogen) atoms. The number of nitrogens with one attached hydrogen (secondary N) is 6. The highest BCUT2D eigenvalue weighted by molar-refractivity contribution is 5.88. The third kappa shape index (κ3) is 45.0. The molecule has 0 saturated carbocycles. The fourth-order valence-electron chi connectivity index (χ4n) is 8.34. The minimum atomic E-state index is -0.621. The zero-order valence-corrected chi connectivity index (χ0v) is 44.4. The van der Waals surface area contributed by atoms with Crippen molar-refractivity contribution in [3.05, 3.63) is 50.6 Å². The van der Waals surface area contributed by atoms with Crippen molar-refractivity contribution in [2.45, 2.75) is 256 Å². The van der Waals surface area contributed by atoms with Gasteiger partial charge in [-0.15, -0.1) is 26.3 Å². The van der Waals surface area contributed by atoms with Crippen LogP contribution in [-0.4, -0.2) is 73.7 Å². The minimum Gasteiger partial charge on any atom is -0.356 e. The first-order valence-electron chi connectivity index (χ1n) is 28.3. The molecular formula is C58H104N6O6. The van der Waals surface area contributed by atoms with E-state index >= 15 is 0 Å². The van der Waals surface area contributed by atoms with Crippen molar-refractivity contribution in [1.82, 2.24) is 31.9 Å². The molecule has 0 rings (SSSR count). The number of allylic oxidation sites excluding steroid dienone is 4. The summed E-state index contributed by atoms with van der Waals surface area (Å²) in [5.41, 5.74) is 0. The van der Waals surface area contributed by atoms with Crippen LogP contribution in [0.25, 0.3) is 0 Å². The summed E-state index contributed by atoms with van der Waals surface area (Å²) in [5.74, 6) is -0.427. The lowest BCUT2D eigenvalue weighted by Crippen LogP contribution is -2.47. The van der Waals surface area contributed by atoms with E-state index in [0.29, 0.717) is 77.5 Å². The Balaban J connectivity index is 4.85. The van der Waals surface area contributed by atoms with Gasteiger partial charge in [-0.1, -0.05) is 114 Å². The summed E-state index contributed by atoms with van der Waals surface area (Å²) < 4.78 is 0. The van der Waals surface area contributed by atoms with Crippen molar-refractivity contribution in [2.24, 2.45) is 0 Å². The number of unbranched alkanes of at least 4 members (excludes halogenated alkanes) is 25. The maximum atomic E-state index is 13.3. The summed E-state index contributed by atoms with van der Waals surface area (Å²) >= 11 is 0. The van der Waals surface area contributed by atoms with Crippen LogP contribution in [0.5, 0.6) is 0 Å². The molecule has 6 amide bonds. The Hall–Kier alpha value is -4.22. The highest BCUT2D eigenvalue weighted by Crippen LogP contribution is 2.12. The maximum absolute atomic E-state index is 13.3. The van der Waals surface area contributed by atoms with Crippen LogP contribution in [0.2, 0.25) is 0 Å². The van der Waals surface area contributed by atoms with Gasteiger partial charge in [-0.05, 0) is 128 Å². The van der Waals surface area contributed by atoms with Gasteiger partial charge in [0.05, 0.1) is 0 Å². The van der Waals surface area contributed by atoms with Crippen LogP contribution >= 0.6 is 0 Å². The van der Waals surface area contributed by atoms with Gasteiger partial charge in [0.25, 0.3) is 0 Å². The first-order valence-corrected chi connectivity index (χ1v) is 28.3. The van der Waals surface area contributed by atoms with Gasteiger partial charge in [0, 0.05) is 51.9 Å². The second kappa shape index (κ2) is 51.1. The average molecular weight is 982 g/mol. The molecule has 0 fully saturated rings. The van der Waals surface area contributed by atoms with Gasteiger partial charge < -0.3 is 31.9 Å². The lowest BCUT2D eigenvalue weighted by Gasteiger charge is -2.19. The smallest absolute Gasteiger partial charge is 0.242 e. The second-order valence-electron chi connectivity index (χ2n) is 19.3. The third-order valence-electron chi connectivity index (χ3n) is 12.7. The molecule has 0 aromatic carbocycles. The number of carbonyl (C=O) groups excluding carboxylic acids is 6. The molecule has 0 saturated heterocycles. The van der Waals surface area contributed by atoms with Crippen molar-refractivity contribution in [2.75, 3.05) is 26.2 Å². The standard InChI is InChI=1S/C58H104N6O6/c1-5-9-13-17-21-25-31-43-53(65)59-47-39-35-41-51(63-55(67)45-33-27-23-19-15-11-7-3)57(69)61-49-37-29-30-38-50-62-58(70)52(64-56(68)46-34-28-24-20-16-12-8-4)42-36-40-48-60-54(66)44-32-26-22-18-14-10-6-2/h5-8,51-52H,1-4,9-50H2,(H,59,65)(H,60,66)(H,61,69)(H,62,70)(H,63,67)(H,64,68)/t51-,52-/m0/s1. The molecule has 402 valence electrons. The predicted molar refractivity (Wildman–Crippen MR) is 292 cm³/mol. The molecule has 0 aliphatic rings. The lowest BCUT2D eigenvalue weighted by molar-refractivity contribution is -0.129. The SMILES string of the molecule is C=CCCCCCCCC(=O)NCCCC[C@H](NC(=O)CCCCCCCC=C)C(=O)NCCCCCCNC(=O)[C@H](CCCCNC(=O)CCCCCCCC=C)NC(=O)CCCCCCCC=C. The van der Waals surface area contributed by atoms with E-state index in [1.165, 1.54) is 12.8 Å². The van der Waals surface area contributed by atoms with Gasteiger partial charge in [0.2, 0.25) is 35.4 Å². The van der Waals surface area contributed by atoms with Gasteiger partial charge in [-0.3, -0.25) is 28.8 Å². The predicted octanol–water partition coefficient (Wildman–Crippen LogP) is 12.0. The largest absolute Gasteiger partial charge is 0.356 e. The molecule has 6 N–H and O–H groups in total. The van der Waals surface area contributed by atoms with Crippen LogP contribution in [0.4, 0.5) is 0 Å². The molecule has 0 aliphatic heterocycles. The summed E-state index contributed by atoms with van der Waals surface area (Å²) in [6.07, 6.45) is 41.9. The van der Waals surface area contributed by atoms with Crippen molar-refractivity contribution in [3.8, 4) is 0 Å². The van der Waals surface area contributed by atoms with Crippen molar-refractivity contribution in [1.29, 1.82) is 0 Å². The molecule has 0 bridgehead atoms. The number of amides is 6. The fourth-order valence-corrected chi connectivity index (χ4v) is 8.34. The van der Waals surface area contributed by atoms with Crippen LogP contribution in [0.1, 0.15) is 244 Å². The van der Waals surface area contributed by atoms with E-state index < -0.39 is 12.1 Å². The van der Waals surface area contributed by atoms with Crippen molar-refractivity contribution < 1.29 is 28.8 Å². The molecule has 0 unspecified atom stereocenters. The Morgan fingerprint density at radius 1 is 0.286 bits per heavy atom. The average Bonchev–Trinajstić information content (AvgIpc) is 3.34. The normalized spacial score (nSPS) is 11.7. The van der Waals surface area contributed by atoms with Gasteiger partial charge in [0.1, 0.15) is 12.1 Å². The highest BCUT2D eigenvalue weighted by Gasteiger charge is 2.21. The second-order valence-corrected chi connectivity index (χ2v) is 19.3. The summed E-state index contributed by atoms with van der Waals surface area (Å²) in [6, 6.07) is -1.24. The zero-order chi connectivity index (χ0) is 51.4. The molecule has 0 aliphatic carbocycles.